The van der Waals surface area contributed by atoms with Gasteiger partial charge in [-0.2, -0.15) is 13.2 Å². The van der Waals surface area contributed by atoms with E-state index in [0.29, 0.717) is 31.1 Å². The Morgan fingerprint density at radius 1 is 1.33 bits per heavy atom. The molecule has 1 aromatic carbocycles. The summed E-state index contributed by atoms with van der Waals surface area (Å²) in [6.45, 7) is 4.11. The van der Waals surface area contributed by atoms with Gasteiger partial charge < -0.3 is 20.5 Å². The van der Waals surface area contributed by atoms with Crippen LogP contribution in [0, 0.1) is 0 Å². The molecule has 1 fully saturated rings. The largest absolute Gasteiger partial charge is 0.480 e. The fraction of sp³-hybridized carbons (Fsp3) is 0.440. The first-order valence-corrected chi connectivity index (χ1v) is 12.2. The number of hydrogen-bond acceptors (Lipinski definition) is 7. The molecule has 0 spiro atoms. The lowest BCUT2D eigenvalue weighted by atomic mass is 9.86. The first-order valence-electron chi connectivity index (χ1n) is 11.8. The van der Waals surface area contributed by atoms with Crippen LogP contribution in [0.25, 0.3) is 0 Å². The molecular formula is C25H28Cl2F3N5O4. The van der Waals surface area contributed by atoms with Crippen molar-refractivity contribution in [2.24, 2.45) is 10.7 Å². The fourth-order valence-electron chi connectivity index (χ4n) is 4.89. The van der Waals surface area contributed by atoms with Crippen LogP contribution in [-0.4, -0.2) is 53.5 Å². The molecule has 4 rings (SSSR count). The van der Waals surface area contributed by atoms with E-state index in [4.69, 9.17) is 26.8 Å². The summed E-state index contributed by atoms with van der Waals surface area (Å²) >= 11 is 6.63. The number of carbonyl (C=O) groups is 2. The quantitative estimate of drug-likeness (QED) is 0.518. The molecule has 2 aromatic rings. The third-order valence-electron chi connectivity index (χ3n) is 6.66. The summed E-state index contributed by atoms with van der Waals surface area (Å²) in [6, 6.07) is 5.15. The lowest BCUT2D eigenvalue weighted by Gasteiger charge is -2.41. The number of aromatic nitrogens is 1. The van der Waals surface area contributed by atoms with Gasteiger partial charge in [-0.1, -0.05) is 23.7 Å². The summed E-state index contributed by atoms with van der Waals surface area (Å²) in [5.74, 6) is -1.80. The molecule has 3 heterocycles. The van der Waals surface area contributed by atoms with Crippen LogP contribution in [0.2, 0.25) is 5.02 Å². The van der Waals surface area contributed by atoms with E-state index in [0.717, 1.165) is 13.3 Å². The summed E-state index contributed by atoms with van der Waals surface area (Å²) in [5, 5.41) is 2.43. The number of methoxy groups -OCH3 is 1. The van der Waals surface area contributed by atoms with Crippen LogP contribution in [0.1, 0.15) is 54.6 Å². The molecule has 2 amide bonds. The smallest absolute Gasteiger partial charge is 0.417 e. The van der Waals surface area contributed by atoms with Crippen LogP contribution in [-0.2, 0) is 21.2 Å². The molecule has 1 aromatic heterocycles. The number of nitrogens with two attached hydrogens (primary N) is 1. The molecule has 1 saturated heterocycles. The van der Waals surface area contributed by atoms with Gasteiger partial charge in [-0.15, -0.1) is 12.4 Å². The highest BCUT2D eigenvalue weighted by Gasteiger charge is 2.43. The molecule has 14 heteroatoms. The van der Waals surface area contributed by atoms with Gasteiger partial charge in [-0.05, 0) is 38.8 Å². The molecule has 0 unspecified atom stereocenters. The zero-order valence-corrected chi connectivity index (χ0v) is 22.9. The molecule has 2 aliphatic rings. The van der Waals surface area contributed by atoms with Crippen LogP contribution < -0.4 is 15.8 Å². The molecule has 0 bridgehead atoms. The van der Waals surface area contributed by atoms with Gasteiger partial charge in [-0.25, -0.2) is 9.98 Å². The lowest BCUT2D eigenvalue weighted by Crippen LogP contribution is -2.56. The monoisotopic (exact) mass is 589 g/mol. The predicted octanol–water partition coefficient (Wildman–Crippen LogP) is 4.77. The van der Waals surface area contributed by atoms with Gasteiger partial charge in [0.15, 0.2) is 5.96 Å². The van der Waals surface area contributed by atoms with Crippen molar-refractivity contribution in [2.45, 2.75) is 57.0 Å². The highest BCUT2D eigenvalue weighted by atomic mass is 35.5. The number of guanidine groups is 1. The summed E-state index contributed by atoms with van der Waals surface area (Å²) in [4.78, 5) is 36.1. The predicted molar refractivity (Wildman–Crippen MR) is 141 cm³/mol. The Morgan fingerprint density at radius 2 is 2.05 bits per heavy atom. The van der Waals surface area contributed by atoms with Crippen molar-refractivity contribution in [3.63, 3.8) is 0 Å². The first-order chi connectivity index (χ1) is 17.9. The van der Waals surface area contributed by atoms with Crippen LogP contribution in [0.3, 0.4) is 0 Å². The zero-order valence-electron chi connectivity index (χ0n) is 21.3. The third-order valence-corrected chi connectivity index (χ3v) is 7.07. The Bertz CT molecular complexity index is 1290. The number of rotatable bonds is 5. The second-order valence-electron chi connectivity index (χ2n) is 9.41. The molecule has 212 valence electrons. The van der Waals surface area contributed by atoms with Crippen molar-refractivity contribution >= 4 is 47.5 Å². The second-order valence-corrected chi connectivity index (χ2v) is 9.78. The molecule has 3 atom stereocenters. The number of nitrogens with one attached hydrogen (secondary N) is 1. The average molecular weight is 590 g/mol. The second kappa shape index (κ2) is 11.6. The standard InChI is InChI=1S/C25H27ClF3N5O4.ClH/c1-13-11-14(8-10-38-13)34-18(35)12-24(2,33-23(34)30)16-5-4-6-17(20(16)26)32-21(36)19-15(25(27,28)29)7-9-31-22(19)37-3;/h4-7,9,13-14H,8,10-12H2,1-3H3,(H2,30,33)(H,32,36);1H/t13-,14-,24+;/m1./s1. The Labute approximate surface area is 234 Å². The van der Waals surface area contributed by atoms with Gasteiger partial charge >= 0.3 is 6.18 Å². The van der Waals surface area contributed by atoms with Crippen LogP contribution in [0.15, 0.2) is 35.5 Å². The van der Waals surface area contributed by atoms with E-state index in [1.807, 2.05) is 6.92 Å². The van der Waals surface area contributed by atoms with Gasteiger partial charge in [0, 0.05) is 24.4 Å². The Balaban J connectivity index is 0.00000420. The number of ether oxygens (including phenoxy) is 2. The number of aliphatic imine (C=N–C) groups is 1. The zero-order chi connectivity index (χ0) is 27.8. The number of halogens is 5. The van der Waals surface area contributed by atoms with E-state index < -0.39 is 34.6 Å². The van der Waals surface area contributed by atoms with Crippen LogP contribution in [0.5, 0.6) is 5.88 Å². The lowest BCUT2D eigenvalue weighted by molar-refractivity contribution is -0.138. The number of benzene rings is 1. The molecule has 0 saturated carbocycles. The molecule has 9 nitrogen and oxygen atoms in total. The van der Waals surface area contributed by atoms with Crippen molar-refractivity contribution in [1.29, 1.82) is 0 Å². The van der Waals surface area contributed by atoms with E-state index in [1.54, 1.807) is 19.1 Å². The molecule has 0 aliphatic carbocycles. The molecule has 39 heavy (non-hydrogen) atoms. The number of nitrogens with zero attached hydrogens (tertiary/aromatic N) is 3. The minimum atomic E-state index is -4.83. The maximum absolute atomic E-state index is 13.6. The van der Waals surface area contributed by atoms with Crippen LogP contribution >= 0.6 is 24.0 Å². The van der Waals surface area contributed by atoms with Gasteiger partial charge in [-0.3, -0.25) is 14.5 Å². The number of pyridine rings is 1. The third kappa shape index (κ3) is 6.07. The van der Waals surface area contributed by atoms with Crippen molar-refractivity contribution in [3.05, 3.63) is 52.2 Å². The van der Waals surface area contributed by atoms with E-state index in [2.05, 4.69) is 15.3 Å². The minimum Gasteiger partial charge on any atom is -0.480 e. The highest BCUT2D eigenvalue weighted by molar-refractivity contribution is 6.35. The highest BCUT2D eigenvalue weighted by Crippen LogP contribution is 2.42. The number of carbonyl (C=O) groups excluding carboxylic acids is 2. The number of amides is 2. The number of alkyl halides is 3. The van der Waals surface area contributed by atoms with Gasteiger partial charge in [0.2, 0.25) is 11.8 Å². The van der Waals surface area contributed by atoms with Crippen LogP contribution in [0.4, 0.5) is 18.9 Å². The summed E-state index contributed by atoms with van der Waals surface area (Å²) in [5.41, 5.74) is 3.50. The number of anilines is 1. The number of hydrogen-bond donors (Lipinski definition) is 2. The normalized spacial score (nSPS) is 23.5. The first kappa shape index (κ1) is 30.5. The van der Waals surface area contributed by atoms with E-state index in [9.17, 15) is 22.8 Å². The summed E-state index contributed by atoms with van der Waals surface area (Å²) < 4.78 is 51.3. The molecular weight excluding hydrogens is 562 g/mol. The fourth-order valence-corrected chi connectivity index (χ4v) is 5.27. The van der Waals surface area contributed by atoms with Gasteiger partial charge in [0.1, 0.15) is 5.56 Å². The molecule has 3 N–H and O–H groups in total. The summed E-state index contributed by atoms with van der Waals surface area (Å²) in [6.07, 6.45) is -2.74. The van der Waals surface area contributed by atoms with Crippen molar-refractivity contribution in [2.75, 3.05) is 19.0 Å². The van der Waals surface area contributed by atoms with E-state index >= 15 is 0 Å². The maximum atomic E-state index is 13.6. The van der Waals surface area contributed by atoms with Gasteiger partial charge in [0.25, 0.3) is 5.91 Å². The van der Waals surface area contributed by atoms with E-state index in [1.165, 1.54) is 11.0 Å². The van der Waals surface area contributed by atoms with Gasteiger partial charge in [0.05, 0.1) is 41.4 Å². The minimum absolute atomic E-state index is 0. The van der Waals surface area contributed by atoms with Crippen molar-refractivity contribution < 1.29 is 32.2 Å². The SMILES string of the molecule is COc1nccc(C(F)(F)F)c1C(=O)Nc1cccc([C@]2(C)CC(=O)N([C@@H]3CCO[C@H](C)C3)C(N)=N2)c1Cl.Cl. The Morgan fingerprint density at radius 3 is 2.67 bits per heavy atom. The molecule has 0 radical (unpaired) electrons. The Kier molecular flexibility index (Phi) is 9.03. The topological polar surface area (TPSA) is 119 Å². The van der Waals surface area contributed by atoms with Crippen molar-refractivity contribution in [1.82, 2.24) is 9.88 Å². The summed E-state index contributed by atoms with van der Waals surface area (Å²) in [7, 11) is 1.11. The van der Waals surface area contributed by atoms with Crippen molar-refractivity contribution in [3.8, 4) is 5.88 Å². The Hall–Kier alpha value is -3.09. The average Bonchev–Trinajstić information content (AvgIpc) is 2.83. The maximum Gasteiger partial charge on any atom is 0.417 e. The molecule has 2 aliphatic heterocycles. The van der Waals surface area contributed by atoms with E-state index in [-0.39, 0.29) is 53.6 Å².